The highest BCUT2D eigenvalue weighted by Gasteiger charge is 2.30. The molecule has 1 aromatic heterocycles. The number of sulfonamides is 1. The molecule has 7 heteroatoms. The molecule has 0 bridgehead atoms. The Balaban J connectivity index is 2.19. The number of nitrogens with one attached hydrogen (secondary N) is 1. The van der Waals surface area contributed by atoms with Gasteiger partial charge in [0.15, 0.2) is 5.03 Å². The summed E-state index contributed by atoms with van der Waals surface area (Å²) in [6.07, 6.45) is 2.12. The number of ether oxygens (including phenoxy) is 1. The van der Waals surface area contributed by atoms with Gasteiger partial charge in [0.1, 0.15) is 0 Å². The van der Waals surface area contributed by atoms with E-state index in [1.165, 1.54) is 16.9 Å². The molecule has 1 N–H and O–H groups in total. The molecule has 1 aromatic rings. The number of aryl methyl sites for hydroxylation is 1. The molecule has 2 atom stereocenters. The Morgan fingerprint density at radius 1 is 1.65 bits per heavy atom. The Labute approximate surface area is 101 Å². The Bertz CT molecular complexity index is 483. The third kappa shape index (κ3) is 2.51. The Morgan fingerprint density at radius 3 is 3.00 bits per heavy atom. The van der Waals surface area contributed by atoms with Crippen molar-refractivity contribution in [2.45, 2.75) is 44.0 Å². The number of hydrogen-bond acceptors (Lipinski definition) is 4. The van der Waals surface area contributed by atoms with Crippen LogP contribution in [-0.2, 0) is 21.3 Å². The van der Waals surface area contributed by atoms with Gasteiger partial charge in [-0.05, 0) is 26.3 Å². The summed E-state index contributed by atoms with van der Waals surface area (Å²) < 4.78 is 33.8. The first-order valence-corrected chi connectivity index (χ1v) is 7.18. The third-order valence-electron chi connectivity index (χ3n) is 2.94. The third-order valence-corrected chi connectivity index (χ3v) is 4.45. The van der Waals surface area contributed by atoms with Crippen molar-refractivity contribution in [1.29, 1.82) is 0 Å². The van der Waals surface area contributed by atoms with Gasteiger partial charge in [0.25, 0.3) is 10.0 Å². The first-order chi connectivity index (χ1) is 8.04. The average Bonchev–Trinajstić information content (AvgIpc) is 2.88. The zero-order chi connectivity index (χ0) is 12.5. The highest BCUT2D eigenvalue weighted by atomic mass is 32.2. The van der Waals surface area contributed by atoms with Crippen LogP contribution in [0.1, 0.15) is 20.3 Å². The van der Waals surface area contributed by atoms with Crippen molar-refractivity contribution in [3.8, 4) is 0 Å². The molecular formula is C10H17N3O3S. The highest BCUT2D eigenvalue weighted by Crippen LogP contribution is 2.16. The average molecular weight is 259 g/mol. The molecule has 17 heavy (non-hydrogen) atoms. The van der Waals surface area contributed by atoms with Crippen molar-refractivity contribution in [1.82, 2.24) is 14.5 Å². The lowest BCUT2D eigenvalue weighted by Crippen LogP contribution is -2.39. The molecule has 1 saturated heterocycles. The molecule has 1 aliphatic rings. The lowest BCUT2D eigenvalue weighted by Gasteiger charge is -2.16. The van der Waals surface area contributed by atoms with Gasteiger partial charge in [0.05, 0.1) is 18.3 Å². The maximum atomic E-state index is 12.1. The van der Waals surface area contributed by atoms with E-state index in [1.54, 1.807) is 0 Å². The van der Waals surface area contributed by atoms with Crippen LogP contribution in [0.25, 0.3) is 0 Å². The van der Waals surface area contributed by atoms with Gasteiger partial charge < -0.3 is 4.74 Å². The second-order valence-electron chi connectivity index (χ2n) is 4.08. The Hall–Kier alpha value is -0.920. The summed E-state index contributed by atoms with van der Waals surface area (Å²) in [5, 5.41) is 4.17. The number of rotatable bonds is 4. The lowest BCUT2D eigenvalue weighted by atomic mass is 10.2. The summed E-state index contributed by atoms with van der Waals surface area (Å²) in [5.74, 6) is 0. The minimum absolute atomic E-state index is 0.0808. The van der Waals surface area contributed by atoms with E-state index in [1.807, 2.05) is 13.8 Å². The second-order valence-corrected chi connectivity index (χ2v) is 5.74. The molecule has 0 saturated carbocycles. The molecular weight excluding hydrogens is 242 g/mol. The fourth-order valence-corrected chi connectivity index (χ4v) is 3.45. The Kier molecular flexibility index (Phi) is 3.50. The first kappa shape index (κ1) is 12.5. The van der Waals surface area contributed by atoms with Gasteiger partial charge in [-0.2, -0.15) is 5.10 Å². The van der Waals surface area contributed by atoms with Crippen molar-refractivity contribution < 1.29 is 13.2 Å². The summed E-state index contributed by atoms with van der Waals surface area (Å²) >= 11 is 0. The summed E-state index contributed by atoms with van der Waals surface area (Å²) in [6.45, 7) is 4.85. The second kappa shape index (κ2) is 4.75. The van der Waals surface area contributed by atoms with Crippen LogP contribution in [0.3, 0.4) is 0 Å². The molecule has 2 rings (SSSR count). The van der Waals surface area contributed by atoms with Crippen LogP contribution in [0.4, 0.5) is 0 Å². The van der Waals surface area contributed by atoms with Crippen LogP contribution in [0, 0.1) is 0 Å². The minimum Gasteiger partial charge on any atom is -0.377 e. The van der Waals surface area contributed by atoms with Gasteiger partial charge in [0, 0.05) is 13.2 Å². The van der Waals surface area contributed by atoms with Crippen LogP contribution in [0.15, 0.2) is 17.3 Å². The van der Waals surface area contributed by atoms with Gasteiger partial charge >= 0.3 is 0 Å². The van der Waals surface area contributed by atoms with Crippen LogP contribution in [0.5, 0.6) is 0 Å². The minimum atomic E-state index is -3.51. The topological polar surface area (TPSA) is 73.2 Å². The lowest BCUT2D eigenvalue weighted by molar-refractivity contribution is 0.116. The molecule has 0 radical (unpaired) electrons. The van der Waals surface area contributed by atoms with Gasteiger partial charge in [0.2, 0.25) is 0 Å². The van der Waals surface area contributed by atoms with Gasteiger partial charge in [-0.15, -0.1) is 0 Å². The van der Waals surface area contributed by atoms with Crippen molar-refractivity contribution >= 4 is 10.0 Å². The number of aromatic nitrogens is 2. The zero-order valence-electron chi connectivity index (χ0n) is 9.96. The molecule has 1 aliphatic heterocycles. The smallest absolute Gasteiger partial charge is 0.258 e. The van der Waals surface area contributed by atoms with E-state index in [4.69, 9.17) is 4.74 Å². The van der Waals surface area contributed by atoms with Crippen LogP contribution < -0.4 is 4.72 Å². The van der Waals surface area contributed by atoms with E-state index in [2.05, 4.69) is 9.82 Å². The van der Waals surface area contributed by atoms with Crippen molar-refractivity contribution in [2.75, 3.05) is 6.61 Å². The molecule has 1 fully saturated rings. The van der Waals surface area contributed by atoms with Gasteiger partial charge in [-0.25, -0.2) is 13.1 Å². The summed E-state index contributed by atoms with van der Waals surface area (Å²) in [7, 11) is -3.51. The van der Waals surface area contributed by atoms with Crippen LogP contribution in [-0.4, -0.2) is 37.0 Å². The summed E-state index contributed by atoms with van der Waals surface area (Å²) in [4.78, 5) is 0. The summed E-state index contributed by atoms with van der Waals surface area (Å²) in [6, 6.07) is 1.35. The number of nitrogens with zero attached hydrogens (tertiary/aromatic N) is 2. The quantitative estimate of drug-likeness (QED) is 0.847. The first-order valence-electron chi connectivity index (χ1n) is 5.70. The highest BCUT2D eigenvalue weighted by molar-refractivity contribution is 7.89. The predicted octanol–water partition coefficient (Wildman–Crippen LogP) is 0.359. The molecule has 2 heterocycles. The SMILES string of the molecule is CCn1nccc1S(=O)(=O)NC1CCOC1C. The zero-order valence-corrected chi connectivity index (χ0v) is 10.8. The van der Waals surface area contributed by atoms with E-state index < -0.39 is 10.0 Å². The van der Waals surface area contributed by atoms with E-state index in [0.717, 1.165) is 0 Å². The molecule has 96 valence electrons. The fraction of sp³-hybridized carbons (Fsp3) is 0.700. The van der Waals surface area contributed by atoms with E-state index in [9.17, 15) is 8.42 Å². The maximum Gasteiger partial charge on any atom is 0.258 e. The predicted molar refractivity (Wildman–Crippen MR) is 62.0 cm³/mol. The fourth-order valence-electron chi connectivity index (χ4n) is 1.93. The Morgan fingerprint density at radius 2 is 2.41 bits per heavy atom. The van der Waals surface area contributed by atoms with Gasteiger partial charge in [-0.1, -0.05) is 0 Å². The molecule has 0 spiro atoms. The normalized spacial score (nSPS) is 25.3. The molecule has 0 aliphatic carbocycles. The van der Waals surface area contributed by atoms with E-state index >= 15 is 0 Å². The van der Waals surface area contributed by atoms with Crippen LogP contribution >= 0.6 is 0 Å². The molecule has 6 nitrogen and oxygen atoms in total. The van der Waals surface area contributed by atoms with Crippen molar-refractivity contribution in [2.24, 2.45) is 0 Å². The maximum absolute atomic E-state index is 12.1. The number of hydrogen-bond donors (Lipinski definition) is 1. The van der Waals surface area contributed by atoms with Gasteiger partial charge in [-0.3, -0.25) is 4.68 Å². The largest absolute Gasteiger partial charge is 0.377 e. The van der Waals surface area contributed by atoms with E-state index in [-0.39, 0.29) is 17.2 Å². The monoisotopic (exact) mass is 259 g/mol. The van der Waals surface area contributed by atoms with E-state index in [0.29, 0.717) is 19.6 Å². The van der Waals surface area contributed by atoms with Crippen molar-refractivity contribution in [3.05, 3.63) is 12.3 Å². The molecule has 0 aromatic carbocycles. The molecule has 2 unspecified atom stereocenters. The molecule has 0 amide bonds. The van der Waals surface area contributed by atoms with Crippen LogP contribution in [0.2, 0.25) is 0 Å². The standard InChI is InChI=1S/C10H17N3O3S/c1-3-13-10(4-6-11-13)17(14,15)12-9-5-7-16-8(9)2/h4,6,8-9,12H,3,5,7H2,1-2H3. The summed E-state index contributed by atoms with van der Waals surface area (Å²) in [5.41, 5.74) is 0. The van der Waals surface area contributed by atoms with Crippen molar-refractivity contribution in [3.63, 3.8) is 0 Å².